The summed E-state index contributed by atoms with van der Waals surface area (Å²) in [6.07, 6.45) is 4.60. The monoisotopic (exact) mass is 208 g/mol. The molecule has 1 aliphatic rings. The van der Waals surface area contributed by atoms with Gasteiger partial charge in [-0.25, -0.2) is 4.39 Å². The molecule has 0 saturated carbocycles. The van der Waals surface area contributed by atoms with Crippen molar-refractivity contribution < 1.29 is 4.39 Å². The van der Waals surface area contributed by atoms with Gasteiger partial charge in [0.25, 0.3) is 0 Å². The molecule has 1 aromatic heterocycles. The Morgan fingerprint density at radius 1 is 1.40 bits per heavy atom. The molecule has 0 unspecified atom stereocenters. The molecule has 3 heteroatoms. The normalized spacial score (nSPS) is 20.1. The summed E-state index contributed by atoms with van der Waals surface area (Å²) in [5.41, 5.74) is 1.21. The number of rotatable bonds is 2. The number of nitrogens with zero attached hydrogens (tertiary/aromatic N) is 1. The van der Waals surface area contributed by atoms with Gasteiger partial charge < -0.3 is 5.32 Å². The van der Waals surface area contributed by atoms with Crippen molar-refractivity contribution in [3.8, 4) is 0 Å². The molecule has 2 heterocycles. The van der Waals surface area contributed by atoms with E-state index in [-0.39, 0.29) is 11.2 Å². The summed E-state index contributed by atoms with van der Waals surface area (Å²) < 4.78 is 12.8. The Hall–Kier alpha value is -0.960. The first-order valence-electron chi connectivity index (χ1n) is 5.60. The van der Waals surface area contributed by atoms with E-state index in [1.807, 2.05) is 6.07 Å². The van der Waals surface area contributed by atoms with Crippen molar-refractivity contribution in [2.24, 2.45) is 0 Å². The number of hydrogen-bond acceptors (Lipinski definition) is 2. The zero-order chi connectivity index (χ0) is 10.7. The van der Waals surface area contributed by atoms with Crippen LogP contribution in [-0.4, -0.2) is 18.1 Å². The van der Waals surface area contributed by atoms with Crippen molar-refractivity contribution in [3.63, 3.8) is 0 Å². The Labute approximate surface area is 89.9 Å². The standard InChI is InChI=1S/C12H17FN2/c1-2-12(5-7-14-8-6-12)11-4-3-10(13)9-15-11/h3-4,9,14H,2,5-8H2,1H3. The van der Waals surface area contributed by atoms with E-state index in [9.17, 15) is 4.39 Å². The SMILES string of the molecule is CCC1(c2ccc(F)cn2)CCNCC1. The van der Waals surface area contributed by atoms with Crippen LogP contribution in [0.5, 0.6) is 0 Å². The lowest BCUT2D eigenvalue weighted by molar-refractivity contribution is 0.290. The van der Waals surface area contributed by atoms with Gasteiger partial charge >= 0.3 is 0 Å². The lowest BCUT2D eigenvalue weighted by Gasteiger charge is -2.36. The predicted molar refractivity (Wildman–Crippen MR) is 58.3 cm³/mol. The van der Waals surface area contributed by atoms with E-state index in [4.69, 9.17) is 0 Å². The Kier molecular flexibility index (Phi) is 3.00. The summed E-state index contributed by atoms with van der Waals surface area (Å²) in [4.78, 5) is 4.24. The molecular weight excluding hydrogens is 191 g/mol. The first-order chi connectivity index (χ1) is 7.27. The molecule has 82 valence electrons. The summed E-state index contributed by atoms with van der Waals surface area (Å²) in [5, 5.41) is 3.35. The van der Waals surface area contributed by atoms with Crippen LogP contribution in [0.1, 0.15) is 31.9 Å². The fraction of sp³-hybridized carbons (Fsp3) is 0.583. The van der Waals surface area contributed by atoms with Crippen LogP contribution >= 0.6 is 0 Å². The van der Waals surface area contributed by atoms with E-state index in [2.05, 4.69) is 17.2 Å². The van der Waals surface area contributed by atoms with Crippen molar-refractivity contribution in [3.05, 3.63) is 29.8 Å². The van der Waals surface area contributed by atoms with E-state index in [0.29, 0.717) is 0 Å². The quantitative estimate of drug-likeness (QED) is 0.806. The summed E-state index contributed by atoms with van der Waals surface area (Å²) in [6, 6.07) is 3.35. The van der Waals surface area contributed by atoms with Crippen LogP contribution in [-0.2, 0) is 5.41 Å². The summed E-state index contributed by atoms with van der Waals surface area (Å²) in [6.45, 7) is 4.26. The van der Waals surface area contributed by atoms with Crippen molar-refractivity contribution in [2.45, 2.75) is 31.6 Å². The van der Waals surface area contributed by atoms with Crippen LogP contribution < -0.4 is 5.32 Å². The van der Waals surface area contributed by atoms with Crippen LogP contribution in [0.2, 0.25) is 0 Å². The highest BCUT2D eigenvalue weighted by Gasteiger charge is 2.33. The number of pyridine rings is 1. The molecule has 0 spiro atoms. The molecular formula is C12H17FN2. The van der Waals surface area contributed by atoms with Gasteiger partial charge in [-0.2, -0.15) is 0 Å². The van der Waals surface area contributed by atoms with Crippen molar-refractivity contribution in [1.82, 2.24) is 10.3 Å². The van der Waals surface area contributed by atoms with Crippen LogP contribution in [0.4, 0.5) is 4.39 Å². The minimum Gasteiger partial charge on any atom is -0.317 e. The second kappa shape index (κ2) is 4.27. The third-order valence-corrected chi connectivity index (χ3v) is 3.51. The van der Waals surface area contributed by atoms with Crippen molar-refractivity contribution in [2.75, 3.05) is 13.1 Å². The molecule has 15 heavy (non-hydrogen) atoms. The van der Waals surface area contributed by atoms with Crippen LogP contribution in [0, 0.1) is 5.82 Å². The number of hydrogen-bond donors (Lipinski definition) is 1. The van der Waals surface area contributed by atoms with E-state index >= 15 is 0 Å². The zero-order valence-electron chi connectivity index (χ0n) is 9.09. The first kappa shape index (κ1) is 10.6. The van der Waals surface area contributed by atoms with Gasteiger partial charge in [0, 0.05) is 11.1 Å². The average molecular weight is 208 g/mol. The Morgan fingerprint density at radius 3 is 2.67 bits per heavy atom. The van der Waals surface area contributed by atoms with E-state index in [0.717, 1.165) is 38.0 Å². The van der Waals surface area contributed by atoms with Crippen LogP contribution in [0.15, 0.2) is 18.3 Å². The summed E-state index contributed by atoms with van der Waals surface area (Å²) in [7, 11) is 0. The van der Waals surface area contributed by atoms with Crippen LogP contribution in [0.25, 0.3) is 0 Å². The average Bonchev–Trinajstić information content (AvgIpc) is 2.31. The number of aromatic nitrogens is 1. The van der Waals surface area contributed by atoms with Crippen LogP contribution in [0.3, 0.4) is 0 Å². The number of nitrogens with one attached hydrogen (secondary N) is 1. The fourth-order valence-electron chi connectivity index (χ4n) is 2.39. The number of halogens is 1. The maximum absolute atomic E-state index is 12.8. The summed E-state index contributed by atoms with van der Waals surface area (Å²) >= 11 is 0. The topological polar surface area (TPSA) is 24.9 Å². The molecule has 1 aliphatic heterocycles. The highest BCUT2D eigenvalue weighted by atomic mass is 19.1. The third-order valence-electron chi connectivity index (χ3n) is 3.51. The highest BCUT2D eigenvalue weighted by Crippen LogP contribution is 2.35. The smallest absolute Gasteiger partial charge is 0.141 e. The van der Waals surface area contributed by atoms with Gasteiger partial charge in [-0.05, 0) is 44.5 Å². The largest absolute Gasteiger partial charge is 0.317 e. The molecule has 1 fully saturated rings. The van der Waals surface area contributed by atoms with E-state index < -0.39 is 0 Å². The molecule has 0 radical (unpaired) electrons. The Balaban J connectivity index is 2.28. The van der Waals surface area contributed by atoms with E-state index in [1.54, 1.807) is 0 Å². The molecule has 0 bridgehead atoms. The van der Waals surface area contributed by atoms with Gasteiger partial charge in [0.05, 0.1) is 6.20 Å². The minimum absolute atomic E-state index is 0.166. The molecule has 0 atom stereocenters. The Bertz CT molecular complexity index is 315. The molecule has 0 amide bonds. The lowest BCUT2D eigenvalue weighted by atomic mass is 9.74. The van der Waals surface area contributed by atoms with Gasteiger partial charge in [0.15, 0.2) is 0 Å². The molecule has 1 aromatic rings. The highest BCUT2D eigenvalue weighted by molar-refractivity contribution is 5.18. The first-order valence-corrected chi connectivity index (χ1v) is 5.60. The van der Waals surface area contributed by atoms with Gasteiger partial charge in [-0.3, -0.25) is 4.98 Å². The van der Waals surface area contributed by atoms with Gasteiger partial charge in [0.2, 0.25) is 0 Å². The van der Waals surface area contributed by atoms with Gasteiger partial charge in [0.1, 0.15) is 5.82 Å². The molecule has 2 nitrogen and oxygen atoms in total. The van der Waals surface area contributed by atoms with E-state index in [1.165, 1.54) is 12.3 Å². The molecule has 1 N–H and O–H groups in total. The minimum atomic E-state index is -0.251. The lowest BCUT2D eigenvalue weighted by Crippen LogP contribution is -2.40. The third kappa shape index (κ3) is 2.02. The molecule has 0 aromatic carbocycles. The summed E-state index contributed by atoms with van der Waals surface area (Å²) in [5.74, 6) is -0.251. The zero-order valence-corrected chi connectivity index (χ0v) is 9.09. The molecule has 1 saturated heterocycles. The fourth-order valence-corrected chi connectivity index (χ4v) is 2.39. The van der Waals surface area contributed by atoms with Gasteiger partial charge in [-0.15, -0.1) is 0 Å². The Morgan fingerprint density at radius 2 is 2.13 bits per heavy atom. The maximum Gasteiger partial charge on any atom is 0.141 e. The second-order valence-electron chi connectivity index (χ2n) is 4.25. The van der Waals surface area contributed by atoms with Crippen molar-refractivity contribution in [1.29, 1.82) is 0 Å². The second-order valence-corrected chi connectivity index (χ2v) is 4.25. The number of piperidine rings is 1. The maximum atomic E-state index is 12.8. The molecule has 0 aliphatic carbocycles. The van der Waals surface area contributed by atoms with Gasteiger partial charge in [-0.1, -0.05) is 6.92 Å². The van der Waals surface area contributed by atoms with Crippen molar-refractivity contribution >= 4 is 0 Å². The predicted octanol–water partition coefficient (Wildman–Crippen LogP) is 2.25. The molecule has 2 rings (SSSR count).